The van der Waals surface area contributed by atoms with Gasteiger partial charge in [0, 0.05) is 55.2 Å². The van der Waals surface area contributed by atoms with Crippen LogP contribution in [-0.4, -0.2) is 59.4 Å². The highest BCUT2D eigenvalue weighted by Crippen LogP contribution is 2.49. The number of phenolic OH excluding ortho intramolecular Hbond substituents is 2. The second kappa shape index (κ2) is 10.5. The molecule has 0 radical (unpaired) electrons. The maximum Gasteiger partial charge on any atom is 0.257 e. The van der Waals surface area contributed by atoms with Crippen LogP contribution in [0.1, 0.15) is 45.0 Å². The predicted octanol–water partition coefficient (Wildman–Crippen LogP) is 3.85. The van der Waals surface area contributed by atoms with Gasteiger partial charge in [-0.1, -0.05) is 30.3 Å². The van der Waals surface area contributed by atoms with Crippen molar-refractivity contribution in [1.82, 2.24) is 15.2 Å². The van der Waals surface area contributed by atoms with Gasteiger partial charge in [0.15, 0.2) is 11.5 Å². The number of carbonyl (C=O) groups excluding carboxylic acids is 2. The van der Waals surface area contributed by atoms with E-state index in [1.807, 2.05) is 42.5 Å². The standard InChI is InChI=1S/C31H29N3O7/c1-34-13-11-20-23(29-30(41-16-40-29)28(37)25(20)31(34)38)15-33-24(35)14-22(17-5-8-19(39-2)9-6-17)21-10-7-18-4-3-12-32-26(18)27(21)36/h3-10,12,22,36-37H,11,13-16H2,1-2H3,(H,33,35). The number of nitrogens with zero attached hydrogens (tertiary/aromatic N) is 2. The lowest BCUT2D eigenvalue weighted by atomic mass is 9.86. The Labute approximate surface area is 236 Å². The average molecular weight is 556 g/mol. The Kier molecular flexibility index (Phi) is 6.74. The first-order valence-corrected chi connectivity index (χ1v) is 13.3. The van der Waals surface area contributed by atoms with Crippen LogP contribution in [0.2, 0.25) is 0 Å². The van der Waals surface area contributed by atoms with Gasteiger partial charge in [0.05, 0.1) is 12.7 Å². The van der Waals surface area contributed by atoms with Crippen LogP contribution < -0.4 is 19.5 Å². The molecular weight excluding hydrogens is 526 g/mol. The van der Waals surface area contributed by atoms with Crippen LogP contribution in [0.15, 0.2) is 54.7 Å². The van der Waals surface area contributed by atoms with Crippen molar-refractivity contribution < 1.29 is 34.0 Å². The van der Waals surface area contributed by atoms with E-state index in [1.54, 1.807) is 26.4 Å². The Morgan fingerprint density at radius 2 is 1.88 bits per heavy atom. The van der Waals surface area contributed by atoms with Crippen molar-refractivity contribution in [1.29, 1.82) is 0 Å². The number of hydrogen-bond donors (Lipinski definition) is 3. The molecule has 0 bridgehead atoms. The lowest BCUT2D eigenvalue weighted by Gasteiger charge is -2.28. The Balaban J connectivity index is 1.32. The van der Waals surface area contributed by atoms with Gasteiger partial charge in [-0.05, 0) is 35.7 Å². The van der Waals surface area contributed by atoms with Gasteiger partial charge < -0.3 is 34.6 Å². The monoisotopic (exact) mass is 555 g/mol. The number of aromatic nitrogens is 1. The number of carbonyl (C=O) groups is 2. The Morgan fingerprint density at radius 3 is 2.66 bits per heavy atom. The molecule has 1 aromatic heterocycles. The lowest BCUT2D eigenvalue weighted by Crippen LogP contribution is -2.35. The first kappa shape index (κ1) is 26.2. The SMILES string of the molecule is COc1ccc(C(CC(=O)NCc2c3c(c(O)c4c2OCO4)C(=O)N(C)CC3)c2ccc3cccnc3c2O)cc1. The van der Waals surface area contributed by atoms with E-state index in [0.29, 0.717) is 46.7 Å². The van der Waals surface area contributed by atoms with Crippen LogP contribution in [-0.2, 0) is 17.8 Å². The van der Waals surface area contributed by atoms with E-state index in [9.17, 15) is 19.8 Å². The van der Waals surface area contributed by atoms with Gasteiger partial charge in [-0.3, -0.25) is 14.6 Å². The first-order valence-electron chi connectivity index (χ1n) is 13.3. The molecule has 0 saturated heterocycles. The van der Waals surface area contributed by atoms with Gasteiger partial charge in [0.25, 0.3) is 5.91 Å². The fourth-order valence-electron chi connectivity index (χ4n) is 5.60. The van der Waals surface area contributed by atoms with E-state index < -0.39 is 5.92 Å². The van der Waals surface area contributed by atoms with Crippen molar-refractivity contribution in [2.45, 2.75) is 25.3 Å². The Bertz CT molecular complexity index is 1670. The van der Waals surface area contributed by atoms with Gasteiger partial charge in [-0.25, -0.2) is 0 Å². The molecule has 3 N–H and O–H groups in total. The molecule has 0 saturated carbocycles. The van der Waals surface area contributed by atoms with E-state index in [2.05, 4.69) is 10.3 Å². The second-order valence-corrected chi connectivity index (χ2v) is 10.1. The summed E-state index contributed by atoms with van der Waals surface area (Å²) in [6, 6.07) is 14.7. The Hall–Kier alpha value is -4.99. The van der Waals surface area contributed by atoms with Crippen LogP contribution in [0.5, 0.6) is 28.7 Å². The number of amides is 2. The van der Waals surface area contributed by atoms with Gasteiger partial charge in [-0.15, -0.1) is 0 Å². The summed E-state index contributed by atoms with van der Waals surface area (Å²) in [5.41, 5.74) is 3.28. The summed E-state index contributed by atoms with van der Waals surface area (Å²) >= 11 is 0. The molecule has 3 aromatic carbocycles. The number of nitrogens with one attached hydrogen (secondary N) is 1. The number of fused-ring (bicyclic) bond motifs is 3. The van der Waals surface area contributed by atoms with Gasteiger partial charge >= 0.3 is 0 Å². The minimum Gasteiger partial charge on any atom is -0.505 e. The molecule has 3 heterocycles. The van der Waals surface area contributed by atoms with Crippen LogP contribution in [0.25, 0.3) is 10.9 Å². The number of ether oxygens (including phenoxy) is 3. The van der Waals surface area contributed by atoms with E-state index >= 15 is 0 Å². The number of hydrogen-bond acceptors (Lipinski definition) is 8. The third-order valence-electron chi connectivity index (χ3n) is 7.79. The molecule has 10 heteroatoms. The van der Waals surface area contributed by atoms with Crippen LogP contribution >= 0.6 is 0 Å². The molecule has 2 aliphatic heterocycles. The summed E-state index contributed by atoms with van der Waals surface area (Å²) in [7, 11) is 3.26. The molecule has 1 unspecified atom stereocenters. The molecule has 2 amide bonds. The summed E-state index contributed by atoms with van der Waals surface area (Å²) in [6.07, 6.45) is 2.14. The van der Waals surface area contributed by atoms with Crippen LogP contribution in [0.3, 0.4) is 0 Å². The van der Waals surface area contributed by atoms with Crippen LogP contribution in [0, 0.1) is 0 Å². The first-order chi connectivity index (χ1) is 19.9. The van der Waals surface area contributed by atoms with Crippen molar-refractivity contribution in [3.8, 4) is 28.7 Å². The zero-order chi connectivity index (χ0) is 28.7. The molecule has 1 atom stereocenters. The number of phenols is 2. The quantitative estimate of drug-likeness (QED) is 0.314. The molecule has 2 aliphatic rings. The van der Waals surface area contributed by atoms with E-state index in [4.69, 9.17) is 14.2 Å². The second-order valence-electron chi connectivity index (χ2n) is 10.1. The smallest absolute Gasteiger partial charge is 0.257 e. The molecule has 10 nitrogen and oxygen atoms in total. The molecular formula is C31H29N3O7. The molecule has 210 valence electrons. The predicted molar refractivity (Wildman–Crippen MR) is 150 cm³/mol. The van der Waals surface area contributed by atoms with Gasteiger partial charge in [0.1, 0.15) is 17.0 Å². The lowest BCUT2D eigenvalue weighted by molar-refractivity contribution is -0.121. The third-order valence-corrected chi connectivity index (χ3v) is 7.79. The maximum atomic E-state index is 13.5. The third kappa shape index (κ3) is 4.61. The number of aromatic hydroxyl groups is 2. The highest BCUT2D eigenvalue weighted by molar-refractivity contribution is 6.01. The van der Waals surface area contributed by atoms with E-state index in [0.717, 1.165) is 10.9 Å². The van der Waals surface area contributed by atoms with Crippen molar-refractivity contribution in [3.05, 3.63) is 82.5 Å². The van der Waals surface area contributed by atoms with Gasteiger partial charge in [0.2, 0.25) is 18.4 Å². The minimum absolute atomic E-state index is 0.0234. The molecule has 6 rings (SSSR count). The summed E-state index contributed by atoms with van der Waals surface area (Å²) < 4.78 is 16.4. The minimum atomic E-state index is -0.485. The van der Waals surface area contributed by atoms with E-state index in [-0.39, 0.29) is 54.4 Å². The highest BCUT2D eigenvalue weighted by Gasteiger charge is 2.36. The van der Waals surface area contributed by atoms with Crippen molar-refractivity contribution in [2.75, 3.05) is 27.5 Å². The van der Waals surface area contributed by atoms with Crippen molar-refractivity contribution >= 4 is 22.7 Å². The Morgan fingerprint density at radius 1 is 1.10 bits per heavy atom. The average Bonchev–Trinajstić information content (AvgIpc) is 3.49. The van der Waals surface area contributed by atoms with Crippen LogP contribution in [0.4, 0.5) is 0 Å². The summed E-state index contributed by atoms with van der Waals surface area (Å²) in [4.78, 5) is 32.3. The number of likely N-dealkylation sites (N-methyl/N-ethyl adjacent to an activating group) is 1. The largest absolute Gasteiger partial charge is 0.505 e. The topological polar surface area (TPSA) is 130 Å². The van der Waals surface area contributed by atoms with Crippen molar-refractivity contribution in [2.24, 2.45) is 0 Å². The molecule has 0 spiro atoms. The van der Waals surface area contributed by atoms with Gasteiger partial charge in [-0.2, -0.15) is 0 Å². The maximum absolute atomic E-state index is 13.5. The molecule has 0 fully saturated rings. The number of pyridine rings is 1. The fourth-order valence-corrected chi connectivity index (χ4v) is 5.60. The molecule has 0 aliphatic carbocycles. The number of rotatable bonds is 7. The zero-order valence-corrected chi connectivity index (χ0v) is 22.6. The summed E-state index contributed by atoms with van der Waals surface area (Å²) in [5.74, 6) is -0.162. The normalized spacial score (nSPS) is 14.6. The summed E-state index contributed by atoms with van der Waals surface area (Å²) in [5, 5.41) is 25.7. The number of methoxy groups -OCH3 is 1. The summed E-state index contributed by atoms with van der Waals surface area (Å²) in [6.45, 7) is 0.455. The highest BCUT2D eigenvalue weighted by atomic mass is 16.7. The molecule has 41 heavy (non-hydrogen) atoms. The zero-order valence-electron chi connectivity index (χ0n) is 22.6. The molecule has 4 aromatic rings. The van der Waals surface area contributed by atoms with Crippen molar-refractivity contribution in [3.63, 3.8) is 0 Å². The number of benzene rings is 3. The van der Waals surface area contributed by atoms with E-state index in [1.165, 1.54) is 4.90 Å². The fraction of sp³-hybridized carbons (Fsp3) is 0.258.